The van der Waals surface area contributed by atoms with Gasteiger partial charge in [0.2, 0.25) is 0 Å². The van der Waals surface area contributed by atoms with E-state index in [-0.39, 0.29) is 11.6 Å². The van der Waals surface area contributed by atoms with Crippen molar-refractivity contribution in [2.75, 3.05) is 12.3 Å². The first-order valence-corrected chi connectivity index (χ1v) is 19.0. The molecule has 0 bridgehead atoms. The van der Waals surface area contributed by atoms with Gasteiger partial charge in [0.25, 0.3) is 0 Å². The van der Waals surface area contributed by atoms with Crippen molar-refractivity contribution in [1.29, 1.82) is 0 Å². The molecule has 2 saturated heterocycles. The minimum Gasteiger partial charge on any atom is -0.404 e. The zero-order valence-corrected chi connectivity index (χ0v) is 27.7. The molecule has 21 heteroatoms. The number of hydrogen-bond donors (Lipinski definition) is 4. The van der Waals surface area contributed by atoms with Gasteiger partial charge >= 0.3 is 23.5 Å². The van der Waals surface area contributed by atoms with E-state index in [4.69, 9.17) is 29.0 Å². The second-order valence-electron chi connectivity index (χ2n) is 10.9. The first kappa shape index (κ1) is 33.9. The molecule has 18 nitrogen and oxygen atoms in total. The van der Waals surface area contributed by atoms with Crippen LogP contribution in [-0.2, 0) is 47.5 Å². The Morgan fingerprint density at radius 2 is 1.51 bits per heavy atom. The number of phosphoric acid groups is 3. The highest BCUT2D eigenvalue weighted by atomic mass is 31.3. The minimum absolute atomic E-state index is 0.132. The summed E-state index contributed by atoms with van der Waals surface area (Å²) in [6, 6.07) is 20.7. The van der Waals surface area contributed by atoms with E-state index in [1.165, 1.54) is 24.8 Å². The van der Waals surface area contributed by atoms with E-state index in [9.17, 15) is 28.4 Å². The average Bonchev–Trinajstić information content (AvgIpc) is 3.74. The van der Waals surface area contributed by atoms with Crippen molar-refractivity contribution in [2.45, 2.75) is 37.3 Å². The highest BCUT2D eigenvalue weighted by Crippen LogP contribution is 2.67. The summed E-state index contributed by atoms with van der Waals surface area (Å²) < 4.78 is 76.4. The Balaban J connectivity index is 1.03. The molecule has 49 heavy (non-hydrogen) atoms. The van der Waals surface area contributed by atoms with Crippen LogP contribution in [0.25, 0.3) is 21.9 Å². The molecule has 8 atom stereocenters. The average molecular weight is 735 g/mol. The Bertz CT molecular complexity index is 2140. The van der Waals surface area contributed by atoms with Crippen LogP contribution in [0.2, 0.25) is 0 Å². The number of hydrogen-bond acceptors (Lipinski definition) is 14. The quantitative estimate of drug-likeness (QED) is 0.131. The number of ether oxygens (including phenoxy) is 3. The maximum atomic E-state index is 12.8. The summed E-state index contributed by atoms with van der Waals surface area (Å²) in [7, 11) is -16.6. The Kier molecular flexibility index (Phi) is 9.17. The second-order valence-corrected chi connectivity index (χ2v) is 15.5. The fourth-order valence-electron chi connectivity index (χ4n) is 5.56. The molecule has 0 aliphatic carbocycles. The summed E-state index contributed by atoms with van der Waals surface area (Å²) in [5.74, 6) is -0.0486. The van der Waals surface area contributed by atoms with Crippen molar-refractivity contribution in [1.82, 2.24) is 19.5 Å². The minimum atomic E-state index is -5.75. The van der Waals surface area contributed by atoms with Crippen LogP contribution in [0.15, 0.2) is 85.5 Å². The molecule has 0 radical (unpaired) electrons. The van der Waals surface area contributed by atoms with Gasteiger partial charge < -0.3 is 34.3 Å². The van der Waals surface area contributed by atoms with E-state index in [0.29, 0.717) is 23.0 Å². The fraction of sp³-hybridized carbons (Fsp3) is 0.250. The lowest BCUT2D eigenvalue weighted by Crippen LogP contribution is -2.31. The maximum absolute atomic E-state index is 12.8. The normalized spacial score (nSPS) is 25.8. The van der Waals surface area contributed by atoms with Crippen LogP contribution >= 0.6 is 23.5 Å². The molecule has 0 saturated carbocycles. The van der Waals surface area contributed by atoms with Crippen molar-refractivity contribution >= 4 is 51.2 Å². The highest BCUT2D eigenvalue weighted by Gasteiger charge is 2.54. The number of imidazole rings is 1. The Labute approximate surface area is 277 Å². The topological polar surface area (TPSA) is 246 Å². The largest absolute Gasteiger partial charge is 0.536 e. The lowest BCUT2D eigenvalue weighted by molar-refractivity contribution is -0.149. The van der Waals surface area contributed by atoms with Crippen molar-refractivity contribution in [3.63, 3.8) is 0 Å². The van der Waals surface area contributed by atoms with Gasteiger partial charge in [0.1, 0.15) is 35.9 Å². The summed E-state index contributed by atoms with van der Waals surface area (Å²) in [5.41, 5.74) is 7.49. The number of fused-ring (bicyclic) bond motifs is 3. The molecular weight excluding hydrogens is 707 g/mol. The molecule has 2 fully saturated rings. The monoisotopic (exact) mass is 735 g/mol. The van der Waals surface area contributed by atoms with Gasteiger partial charge in [-0.05, 0) is 28.5 Å². The molecule has 0 spiro atoms. The third kappa shape index (κ3) is 7.61. The highest BCUT2D eigenvalue weighted by molar-refractivity contribution is 7.67. The summed E-state index contributed by atoms with van der Waals surface area (Å²) in [6.07, 6.45) is -1.42. The van der Waals surface area contributed by atoms with Crippen LogP contribution in [0.3, 0.4) is 0 Å². The Morgan fingerprint density at radius 3 is 2.31 bits per heavy atom. The third-order valence-electron chi connectivity index (χ3n) is 7.57. The van der Waals surface area contributed by atoms with Crippen LogP contribution in [0.4, 0.5) is 5.82 Å². The molecule has 5 aromatic rings. The number of aromatic nitrogens is 4. The molecule has 258 valence electrons. The number of nitrogens with two attached hydrogens (primary N) is 1. The van der Waals surface area contributed by atoms with Crippen molar-refractivity contribution in [2.24, 2.45) is 0 Å². The van der Waals surface area contributed by atoms with Gasteiger partial charge in [-0.25, -0.2) is 28.6 Å². The van der Waals surface area contributed by atoms with Gasteiger partial charge in [-0.1, -0.05) is 60.7 Å². The molecule has 0 amide bonds. The standard InChI is InChI=1S/C28H28N5O13P3/c29-26-23-27(31-15-30-26)33(16-32-23)28-25-24(42-22(43-25)12-17-6-2-1-3-7-17)21(41-28)14-40-47(34,35)45-49(38,39)46-48(36,37)44-20-11-10-18-8-4-5-9-19(18)13-20/h1-11,13,15-16,21-22,24-25,28H,12,14H2,(H,34,35)(H,36,37)(H,38,39)(H2,29,30,31)/t21-,22?,24?,25?,28-/m1/s1. The van der Waals surface area contributed by atoms with Gasteiger partial charge in [0, 0.05) is 6.42 Å². The van der Waals surface area contributed by atoms with Gasteiger partial charge in [0.05, 0.1) is 12.9 Å². The van der Waals surface area contributed by atoms with E-state index in [0.717, 1.165) is 10.9 Å². The first-order chi connectivity index (χ1) is 23.3. The molecule has 2 aromatic heterocycles. The van der Waals surface area contributed by atoms with Crippen molar-refractivity contribution in [3.05, 3.63) is 91.0 Å². The number of rotatable bonds is 12. The predicted molar refractivity (Wildman–Crippen MR) is 169 cm³/mol. The number of nitrogens with zero attached hydrogens (tertiary/aromatic N) is 4. The maximum Gasteiger partial charge on any atom is 0.536 e. The Hall–Kier alpha value is -3.60. The lowest BCUT2D eigenvalue weighted by atomic mass is 10.1. The Morgan fingerprint density at radius 1 is 0.796 bits per heavy atom. The van der Waals surface area contributed by atoms with E-state index >= 15 is 0 Å². The number of nitrogen functional groups attached to an aromatic ring is 1. The van der Waals surface area contributed by atoms with Crippen LogP contribution in [0, 0.1) is 0 Å². The van der Waals surface area contributed by atoms with Gasteiger partial charge in [-0.2, -0.15) is 8.62 Å². The van der Waals surface area contributed by atoms with E-state index < -0.39 is 60.9 Å². The van der Waals surface area contributed by atoms with Gasteiger partial charge in [-0.15, -0.1) is 0 Å². The summed E-state index contributed by atoms with van der Waals surface area (Å²) >= 11 is 0. The molecule has 3 aromatic carbocycles. The van der Waals surface area contributed by atoms with E-state index in [1.807, 2.05) is 30.3 Å². The molecular formula is C28H28N5O13P3. The summed E-state index contributed by atoms with van der Waals surface area (Å²) in [5, 5.41) is 1.43. The molecule has 7 rings (SSSR count). The molecule has 6 unspecified atom stereocenters. The van der Waals surface area contributed by atoms with E-state index in [1.54, 1.807) is 34.9 Å². The SMILES string of the molecule is Nc1ncnc2c1ncn2[C@@H]1O[C@H](COP(=O)(O)OP(=O)(O)OP(=O)(O)Oc2ccc3ccccc3c2)C2OC(Cc3ccccc3)OC21. The fourth-order valence-corrected chi connectivity index (χ4v) is 9.07. The van der Waals surface area contributed by atoms with Crippen LogP contribution in [0.1, 0.15) is 11.8 Å². The number of benzene rings is 3. The van der Waals surface area contributed by atoms with Gasteiger partial charge in [0.15, 0.2) is 24.0 Å². The van der Waals surface area contributed by atoms with Crippen LogP contribution < -0.4 is 10.3 Å². The second kappa shape index (κ2) is 13.3. The summed E-state index contributed by atoms with van der Waals surface area (Å²) in [4.78, 5) is 43.0. The predicted octanol–water partition coefficient (Wildman–Crippen LogP) is 4.24. The van der Waals surface area contributed by atoms with Gasteiger partial charge in [-0.3, -0.25) is 14.0 Å². The van der Waals surface area contributed by atoms with E-state index in [2.05, 4.69) is 23.6 Å². The summed E-state index contributed by atoms with van der Waals surface area (Å²) in [6.45, 7) is -0.721. The number of phosphoric ester groups is 2. The first-order valence-electron chi connectivity index (χ1n) is 14.5. The van der Waals surface area contributed by atoms with Crippen molar-refractivity contribution < 1.29 is 60.3 Å². The van der Waals surface area contributed by atoms with Crippen LogP contribution in [0.5, 0.6) is 5.75 Å². The smallest absolute Gasteiger partial charge is 0.404 e. The lowest BCUT2D eigenvalue weighted by Gasteiger charge is -2.22. The number of anilines is 1. The third-order valence-corrected chi connectivity index (χ3v) is 11.8. The zero-order valence-electron chi connectivity index (χ0n) is 25.0. The molecule has 5 N–H and O–H groups in total. The zero-order chi connectivity index (χ0) is 34.4. The molecule has 2 aliphatic rings. The molecule has 4 heterocycles. The van der Waals surface area contributed by atoms with Crippen molar-refractivity contribution in [3.8, 4) is 5.75 Å². The van der Waals surface area contributed by atoms with Crippen LogP contribution in [-0.4, -0.2) is 65.4 Å². The molecule has 2 aliphatic heterocycles.